The van der Waals surface area contributed by atoms with Crippen LogP contribution in [0.5, 0.6) is 0 Å². The van der Waals surface area contributed by atoms with E-state index in [1.807, 2.05) is 54.6 Å². The molecule has 0 spiro atoms. The van der Waals surface area contributed by atoms with Gasteiger partial charge in [-0.1, -0.05) is 41.9 Å². The Kier molecular flexibility index (Phi) is 5.91. The van der Waals surface area contributed by atoms with Gasteiger partial charge >= 0.3 is 0 Å². The minimum Gasteiger partial charge on any atom is -0.332 e. The molecule has 0 aliphatic heterocycles. The second-order valence-corrected chi connectivity index (χ2v) is 7.20. The number of hydrogen-bond donors (Lipinski definition) is 2. The van der Waals surface area contributed by atoms with Gasteiger partial charge in [-0.05, 0) is 59.4 Å². The van der Waals surface area contributed by atoms with Crippen LogP contribution in [-0.2, 0) is 4.79 Å². The summed E-state index contributed by atoms with van der Waals surface area (Å²) in [6, 6.07) is 21.4. The molecule has 25 heavy (non-hydrogen) atoms. The van der Waals surface area contributed by atoms with Crippen LogP contribution in [0.2, 0.25) is 5.02 Å². The minimum absolute atomic E-state index is 0.154. The lowest BCUT2D eigenvalue weighted by atomic mass is 10.1. The SMILES string of the molecule is O=C(CSc1ccc(Cl)cc1)NC(=S)Nc1ccc2ccccc2c1. The van der Waals surface area contributed by atoms with Crippen LogP contribution in [-0.4, -0.2) is 16.8 Å². The van der Waals surface area contributed by atoms with Crippen molar-refractivity contribution < 1.29 is 4.79 Å². The molecule has 2 N–H and O–H groups in total. The molecule has 3 nitrogen and oxygen atoms in total. The topological polar surface area (TPSA) is 41.1 Å². The van der Waals surface area contributed by atoms with E-state index in [4.69, 9.17) is 23.8 Å². The summed E-state index contributed by atoms with van der Waals surface area (Å²) in [7, 11) is 0. The molecule has 0 atom stereocenters. The molecule has 3 aromatic rings. The van der Waals surface area contributed by atoms with Crippen LogP contribution in [0.3, 0.4) is 0 Å². The highest BCUT2D eigenvalue weighted by Crippen LogP contribution is 2.20. The number of hydrogen-bond acceptors (Lipinski definition) is 3. The monoisotopic (exact) mass is 386 g/mol. The summed E-state index contributed by atoms with van der Waals surface area (Å²) in [5.74, 6) is 0.125. The number of halogens is 1. The summed E-state index contributed by atoms with van der Waals surface area (Å²) in [4.78, 5) is 13.0. The molecule has 0 bridgehead atoms. The van der Waals surface area contributed by atoms with Gasteiger partial charge in [-0.15, -0.1) is 11.8 Å². The van der Waals surface area contributed by atoms with Gasteiger partial charge in [-0.25, -0.2) is 0 Å². The molecule has 0 aliphatic carbocycles. The van der Waals surface area contributed by atoms with E-state index in [2.05, 4.69) is 10.6 Å². The molecule has 126 valence electrons. The molecular formula is C19H15ClN2OS2. The van der Waals surface area contributed by atoms with Crippen molar-refractivity contribution in [3.05, 3.63) is 71.8 Å². The van der Waals surface area contributed by atoms with Crippen LogP contribution in [0.15, 0.2) is 71.6 Å². The Hall–Kier alpha value is -2.08. The first-order valence-electron chi connectivity index (χ1n) is 7.58. The minimum atomic E-state index is -0.154. The summed E-state index contributed by atoms with van der Waals surface area (Å²) < 4.78 is 0. The fourth-order valence-electron chi connectivity index (χ4n) is 2.27. The molecule has 3 rings (SSSR count). The third-order valence-electron chi connectivity index (χ3n) is 3.44. The maximum atomic E-state index is 12.0. The van der Waals surface area contributed by atoms with Crippen molar-refractivity contribution in [1.29, 1.82) is 0 Å². The number of carbonyl (C=O) groups is 1. The van der Waals surface area contributed by atoms with Crippen LogP contribution in [0.4, 0.5) is 5.69 Å². The number of benzene rings is 3. The first-order valence-corrected chi connectivity index (χ1v) is 9.35. The average molecular weight is 387 g/mol. The van der Waals surface area contributed by atoms with Crippen LogP contribution < -0.4 is 10.6 Å². The zero-order chi connectivity index (χ0) is 17.6. The molecule has 0 heterocycles. The molecule has 3 aromatic carbocycles. The molecule has 1 amide bonds. The van der Waals surface area contributed by atoms with Crippen molar-refractivity contribution in [3.63, 3.8) is 0 Å². The number of carbonyl (C=O) groups excluding carboxylic acids is 1. The van der Waals surface area contributed by atoms with Gasteiger partial charge in [0.2, 0.25) is 5.91 Å². The Bertz CT molecular complexity index is 913. The highest BCUT2D eigenvalue weighted by molar-refractivity contribution is 8.00. The van der Waals surface area contributed by atoms with E-state index in [0.717, 1.165) is 21.4 Å². The van der Waals surface area contributed by atoms with Gasteiger partial charge in [-0.2, -0.15) is 0 Å². The first kappa shape index (κ1) is 17.7. The lowest BCUT2D eigenvalue weighted by Crippen LogP contribution is -2.35. The predicted octanol–water partition coefficient (Wildman–Crippen LogP) is 5.10. The standard InChI is InChI=1S/C19H15ClN2OS2/c20-15-6-9-17(10-7-15)25-12-18(23)22-19(24)21-16-8-5-13-3-1-2-4-14(13)11-16/h1-11H,12H2,(H2,21,22,23,24). The molecule has 0 saturated carbocycles. The molecule has 0 saturated heterocycles. The van der Waals surface area contributed by atoms with Crippen molar-refractivity contribution in [2.45, 2.75) is 4.90 Å². The van der Waals surface area contributed by atoms with E-state index in [0.29, 0.717) is 5.02 Å². The zero-order valence-electron chi connectivity index (χ0n) is 13.2. The molecule has 6 heteroatoms. The molecule has 0 fully saturated rings. The van der Waals surface area contributed by atoms with E-state index in [9.17, 15) is 4.79 Å². The van der Waals surface area contributed by atoms with Crippen molar-refractivity contribution in [3.8, 4) is 0 Å². The summed E-state index contributed by atoms with van der Waals surface area (Å²) in [6.45, 7) is 0. The summed E-state index contributed by atoms with van der Waals surface area (Å²) in [5, 5.41) is 8.97. The van der Waals surface area contributed by atoms with Crippen LogP contribution in [0.25, 0.3) is 10.8 Å². The van der Waals surface area contributed by atoms with Gasteiger partial charge in [0.15, 0.2) is 5.11 Å². The van der Waals surface area contributed by atoms with E-state index < -0.39 is 0 Å². The van der Waals surface area contributed by atoms with Gasteiger partial charge in [0.25, 0.3) is 0 Å². The van der Waals surface area contributed by atoms with E-state index in [1.54, 1.807) is 12.1 Å². The van der Waals surface area contributed by atoms with Crippen molar-refractivity contribution in [2.24, 2.45) is 0 Å². The van der Waals surface area contributed by atoms with E-state index in [-0.39, 0.29) is 16.8 Å². The second kappa shape index (κ2) is 8.34. The fraction of sp³-hybridized carbons (Fsp3) is 0.0526. The number of fused-ring (bicyclic) bond motifs is 1. The van der Waals surface area contributed by atoms with Gasteiger partial charge in [0.05, 0.1) is 5.75 Å². The number of thiocarbonyl (C=S) groups is 1. The van der Waals surface area contributed by atoms with Crippen molar-refractivity contribution in [2.75, 3.05) is 11.1 Å². The Balaban J connectivity index is 1.52. The smallest absolute Gasteiger partial charge is 0.236 e. The lowest BCUT2D eigenvalue weighted by Gasteiger charge is -2.10. The lowest BCUT2D eigenvalue weighted by molar-refractivity contribution is -0.117. The van der Waals surface area contributed by atoms with Gasteiger partial charge in [0.1, 0.15) is 0 Å². The van der Waals surface area contributed by atoms with Crippen molar-refractivity contribution in [1.82, 2.24) is 5.32 Å². The number of thioether (sulfide) groups is 1. The number of rotatable bonds is 4. The number of anilines is 1. The van der Waals surface area contributed by atoms with E-state index in [1.165, 1.54) is 11.8 Å². The normalized spacial score (nSPS) is 10.4. The highest BCUT2D eigenvalue weighted by atomic mass is 35.5. The molecule has 0 unspecified atom stereocenters. The largest absolute Gasteiger partial charge is 0.332 e. The van der Waals surface area contributed by atoms with E-state index >= 15 is 0 Å². The fourth-order valence-corrected chi connectivity index (χ4v) is 3.33. The van der Waals surface area contributed by atoms with Crippen LogP contribution in [0.1, 0.15) is 0 Å². The number of nitrogens with one attached hydrogen (secondary N) is 2. The molecule has 0 aliphatic rings. The second-order valence-electron chi connectivity index (χ2n) is 5.31. The Morgan fingerprint density at radius 3 is 2.48 bits per heavy atom. The molecule has 0 aromatic heterocycles. The van der Waals surface area contributed by atoms with Gasteiger partial charge in [0, 0.05) is 15.6 Å². The highest BCUT2D eigenvalue weighted by Gasteiger charge is 2.06. The third-order valence-corrected chi connectivity index (χ3v) is 4.91. The van der Waals surface area contributed by atoms with Gasteiger partial charge in [-0.3, -0.25) is 4.79 Å². The van der Waals surface area contributed by atoms with Crippen LogP contribution in [0, 0.1) is 0 Å². The van der Waals surface area contributed by atoms with Gasteiger partial charge < -0.3 is 10.6 Å². The Morgan fingerprint density at radius 2 is 1.72 bits per heavy atom. The Labute approximate surface area is 160 Å². The maximum Gasteiger partial charge on any atom is 0.236 e. The third kappa shape index (κ3) is 5.19. The summed E-state index contributed by atoms with van der Waals surface area (Å²) >= 11 is 12.5. The molecular weight excluding hydrogens is 372 g/mol. The average Bonchev–Trinajstić information content (AvgIpc) is 2.61. The van der Waals surface area contributed by atoms with Crippen LogP contribution >= 0.6 is 35.6 Å². The first-order chi connectivity index (χ1) is 12.1. The van der Waals surface area contributed by atoms with Crippen molar-refractivity contribution >= 4 is 63.1 Å². The summed E-state index contributed by atoms with van der Waals surface area (Å²) in [6.07, 6.45) is 0. The Morgan fingerprint density at radius 1 is 1.00 bits per heavy atom. The maximum absolute atomic E-state index is 12.0. The summed E-state index contributed by atoms with van der Waals surface area (Å²) in [5.41, 5.74) is 0.842. The number of amides is 1. The predicted molar refractivity (Wildman–Crippen MR) is 110 cm³/mol. The molecule has 0 radical (unpaired) electrons. The zero-order valence-corrected chi connectivity index (χ0v) is 15.5. The quantitative estimate of drug-likeness (QED) is 0.483.